The summed E-state index contributed by atoms with van der Waals surface area (Å²) in [6.45, 7) is 4.69. The van der Waals surface area contributed by atoms with Gasteiger partial charge in [0.25, 0.3) is 5.19 Å². The van der Waals surface area contributed by atoms with Gasteiger partial charge in [-0.3, -0.25) is 14.7 Å². The number of fused-ring (bicyclic) bond motifs is 2. The Balaban J connectivity index is 0.937. The van der Waals surface area contributed by atoms with Crippen LogP contribution >= 0.6 is 11.3 Å². The third-order valence-corrected chi connectivity index (χ3v) is 9.51. The van der Waals surface area contributed by atoms with Crippen LogP contribution in [0.15, 0.2) is 36.5 Å². The highest BCUT2D eigenvalue weighted by Gasteiger charge is 2.26. The van der Waals surface area contributed by atoms with E-state index < -0.39 is 0 Å². The van der Waals surface area contributed by atoms with E-state index >= 15 is 0 Å². The number of ether oxygens (including phenoxy) is 2. The van der Waals surface area contributed by atoms with Gasteiger partial charge < -0.3 is 9.47 Å². The SMILES string of the molecule is O=C(CC1CCC(CCN2CCc3sc(OCC4CCCO4)nc3C2)CC1)c1cccc2ncccc12. The minimum absolute atomic E-state index is 0.237. The monoisotopic (exact) mass is 519 g/mol. The fraction of sp³-hybridized carbons (Fsp3) is 0.567. The van der Waals surface area contributed by atoms with Gasteiger partial charge in [0.15, 0.2) is 5.78 Å². The largest absolute Gasteiger partial charge is 0.467 e. The molecule has 1 aliphatic carbocycles. The topological polar surface area (TPSA) is 64.6 Å². The molecule has 3 aromatic rings. The normalized spacial score (nSPS) is 24.3. The molecule has 4 heterocycles. The lowest BCUT2D eigenvalue weighted by Gasteiger charge is -2.31. The molecule has 0 bridgehead atoms. The fourth-order valence-corrected chi connectivity index (χ4v) is 7.14. The average molecular weight is 520 g/mol. The Kier molecular flexibility index (Phi) is 7.81. The van der Waals surface area contributed by atoms with E-state index in [1.165, 1.54) is 42.7 Å². The zero-order valence-corrected chi connectivity index (χ0v) is 22.4. The zero-order chi connectivity index (χ0) is 25.0. The number of hydrogen-bond donors (Lipinski definition) is 0. The standard InChI is InChI=1S/C30H37N3O3S/c34-28(25-5-1-7-26-24(25)6-2-14-31-26)18-22-10-8-21(9-11-22)12-15-33-16-13-29-27(19-33)32-30(37-29)36-20-23-4-3-17-35-23/h1-2,5-7,14,21-23H,3-4,8-13,15-20H2. The summed E-state index contributed by atoms with van der Waals surface area (Å²) in [6.07, 6.45) is 12.1. The van der Waals surface area contributed by atoms with Crippen LogP contribution in [0, 0.1) is 11.8 Å². The number of benzene rings is 1. The Labute approximate surface area is 223 Å². The predicted octanol–water partition coefficient (Wildman–Crippen LogP) is 6.08. The van der Waals surface area contributed by atoms with Crippen LogP contribution in [0.1, 0.15) is 72.3 Å². The molecule has 1 atom stereocenters. The summed E-state index contributed by atoms with van der Waals surface area (Å²) in [5.41, 5.74) is 2.95. The summed E-state index contributed by atoms with van der Waals surface area (Å²) >= 11 is 1.72. The van der Waals surface area contributed by atoms with Gasteiger partial charge in [-0.05, 0) is 69.0 Å². The third-order valence-electron chi connectivity index (χ3n) is 8.44. The van der Waals surface area contributed by atoms with Gasteiger partial charge in [-0.2, -0.15) is 0 Å². The van der Waals surface area contributed by atoms with Crippen LogP contribution in [0.5, 0.6) is 5.19 Å². The van der Waals surface area contributed by atoms with Gasteiger partial charge in [-0.25, -0.2) is 4.98 Å². The van der Waals surface area contributed by atoms with Crippen LogP contribution in [-0.2, 0) is 17.7 Å². The number of nitrogens with zero attached hydrogens (tertiary/aromatic N) is 3. The molecule has 0 N–H and O–H groups in total. The maximum Gasteiger partial charge on any atom is 0.273 e. The van der Waals surface area contributed by atoms with Crippen molar-refractivity contribution in [1.82, 2.24) is 14.9 Å². The molecule has 0 amide bonds. The second-order valence-electron chi connectivity index (χ2n) is 11.0. The number of pyridine rings is 1. The summed E-state index contributed by atoms with van der Waals surface area (Å²) in [5, 5.41) is 1.80. The van der Waals surface area contributed by atoms with Gasteiger partial charge in [-0.1, -0.05) is 42.4 Å². The number of aromatic nitrogens is 2. The number of rotatable bonds is 9. The highest BCUT2D eigenvalue weighted by Crippen LogP contribution is 2.35. The van der Waals surface area contributed by atoms with Gasteiger partial charge in [0.05, 0.1) is 17.3 Å². The second-order valence-corrected chi connectivity index (χ2v) is 12.0. The van der Waals surface area contributed by atoms with Crippen molar-refractivity contribution in [3.8, 4) is 5.19 Å². The fourth-order valence-electron chi connectivity index (χ4n) is 6.23. The molecular formula is C30H37N3O3S. The van der Waals surface area contributed by atoms with E-state index in [1.807, 2.05) is 30.3 Å². The first-order chi connectivity index (χ1) is 18.2. The van der Waals surface area contributed by atoms with E-state index in [4.69, 9.17) is 14.5 Å². The van der Waals surface area contributed by atoms with Gasteiger partial charge >= 0.3 is 0 Å². The van der Waals surface area contributed by atoms with Crippen LogP contribution in [0.4, 0.5) is 0 Å². The quantitative estimate of drug-likeness (QED) is 0.320. The van der Waals surface area contributed by atoms with Crippen molar-refractivity contribution in [2.24, 2.45) is 11.8 Å². The first kappa shape index (κ1) is 25.0. The number of ketones is 1. The maximum absolute atomic E-state index is 13.1. The first-order valence-electron chi connectivity index (χ1n) is 14.0. The van der Waals surface area contributed by atoms with Crippen LogP contribution in [0.3, 0.4) is 0 Å². The summed E-state index contributed by atoms with van der Waals surface area (Å²) in [6, 6.07) is 9.83. The molecule has 0 radical (unpaired) electrons. The number of Topliss-reactive ketones (excluding diaryl/α,β-unsaturated/α-hetero) is 1. The summed E-state index contributed by atoms with van der Waals surface area (Å²) in [4.78, 5) is 26.3. The smallest absolute Gasteiger partial charge is 0.273 e. The van der Waals surface area contributed by atoms with E-state index in [9.17, 15) is 4.79 Å². The molecule has 2 aromatic heterocycles. The minimum atomic E-state index is 0.237. The number of carbonyl (C=O) groups is 1. The highest BCUT2D eigenvalue weighted by molar-refractivity contribution is 7.13. The van der Waals surface area contributed by atoms with Gasteiger partial charge in [0.2, 0.25) is 0 Å². The van der Waals surface area contributed by atoms with E-state index in [0.717, 1.165) is 73.1 Å². The van der Waals surface area contributed by atoms with Crippen LogP contribution in [0.2, 0.25) is 0 Å². The molecule has 1 aromatic carbocycles. The predicted molar refractivity (Wildman–Crippen MR) is 146 cm³/mol. The molecule has 1 saturated carbocycles. The summed E-state index contributed by atoms with van der Waals surface area (Å²) < 4.78 is 11.6. The Morgan fingerprint density at radius 1 is 1.11 bits per heavy atom. The van der Waals surface area contributed by atoms with Crippen LogP contribution in [-0.4, -0.2) is 53.1 Å². The van der Waals surface area contributed by atoms with Gasteiger partial charge in [-0.15, -0.1) is 0 Å². The van der Waals surface area contributed by atoms with E-state index in [0.29, 0.717) is 18.9 Å². The summed E-state index contributed by atoms with van der Waals surface area (Å²) in [5.74, 6) is 1.56. The lowest BCUT2D eigenvalue weighted by atomic mass is 9.78. The van der Waals surface area contributed by atoms with E-state index in [-0.39, 0.29) is 11.9 Å². The third kappa shape index (κ3) is 6.05. The van der Waals surface area contributed by atoms with Crippen molar-refractivity contribution >= 4 is 28.0 Å². The Hall–Kier alpha value is -2.35. The van der Waals surface area contributed by atoms with Crippen molar-refractivity contribution < 1.29 is 14.3 Å². The van der Waals surface area contributed by atoms with Crippen molar-refractivity contribution in [1.29, 1.82) is 0 Å². The van der Waals surface area contributed by atoms with Crippen molar-refractivity contribution in [3.05, 3.63) is 52.7 Å². The minimum Gasteiger partial charge on any atom is -0.467 e. The summed E-state index contributed by atoms with van der Waals surface area (Å²) in [7, 11) is 0. The van der Waals surface area contributed by atoms with Gasteiger partial charge in [0, 0.05) is 48.1 Å². The molecule has 6 nitrogen and oxygen atoms in total. The number of thiazole rings is 1. The lowest BCUT2D eigenvalue weighted by Crippen LogP contribution is -2.32. The van der Waals surface area contributed by atoms with Crippen molar-refractivity contribution in [2.45, 2.75) is 70.4 Å². The first-order valence-corrected chi connectivity index (χ1v) is 14.8. The maximum atomic E-state index is 13.1. The van der Waals surface area contributed by atoms with Crippen molar-refractivity contribution in [3.63, 3.8) is 0 Å². The van der Waals surface area contributed by atoms with E-state index in [2.05, 4.69) is 9.88 Å². The van der Waals surface area contributed by atoms with Crippen LogP contribution in [0.25, 0.3) is 10.9 Å². The zero-order valence-electron chi connectivity index (χ0n) is 21.6. The molecule has 1 saturated heterocycles. The number of carbonyl (C=O) groups excluding carboxylic acids is 1. The molecule has 7 heteroatoms. The molecule has 37 heavy (non-hydrogen) atoms. The van der Waals surface area contributed by atoms with Crippen LogP contribution < -0.4 is 4.74 Å². The molecule has 1 unspecified atom stereocenters. The second kappa shape index (κ2) is 11.6. The van der Waals surface area contributed by atoms with E-state index in [1.54, 1.807) is 17.5 Å². The molecule has 2 fully saturated rings. The van der Waals surface area contributed by atoms with Crippen molar-refractivity contribution in [2.75, 3.05) is 26.3 Å². The Morgan fingerprint density at radius 3 is 2.86 bits per heavy atom. The average Bonchev–Trinajstić information content (AvgIpc) is 3.60. The molecule has 2 aliphatic heterocycles. The Bertz CT molecular complexity index is 1210. The molecule has 3 aliphatic rings. The number of hydrogen-bond acceptors (Lipinski definition) is 7. The lowest BCUT2D eigenvalue weighted by molar-refractivity contribution is 0.0677. The molecule has 0 spiro atoms. The molecule has 196 valence electrons. The van der Waals surface area contributed by atoms with Gasteiger partial charge in [0.1, 0.15) is 6.61 Å². The molecular weight excluding hydrogens is 482 g/mol. The Morgan fingerprint density at radius 2 is 2.00 bits per heavy atom. The highest BCUT2D eigenvalue weighted by atomic mass is 32.1. The molecule has 6 rings (SSSR count).